The average Bonchev–Trinajstić information content (AvgIpc) is 2.89. The van der Waals surface area contributed by atoms with Crippen LogP contribution in [-0.2, 0) is 11.2 Å². The summed E-state index contributed by atoms with van der Waals surface area (Å²) in [6.45, 7) is 2.91. The molecule has 1 fully saturated rings. The molecule has 1 aromatic carbocycles. The second kappa shape index (κ2) is 12.7. The van der Waals surface area contributed by atoms with Crippen molar-refractivity contribution in [2.75, 3.05) is 32.5 Å². The van der Waals surface area contributed by atoms with Crippen LogP contribution in [0.4, 0.5) is 0 Å². The van der Waals surface area contributed by atoms with Crippen LogP contribution >= 0.6 is 23.4 Å². The smallest absolute Gasteiger partial charge is 0.303 e. The highest BCUT2D eigenvalue weighted by atomic mass is 35.5. The average molecular weight is 529 g/mol. The molecule has 3 aromatic rings. The molecule has 36 heavy (non-hydrogen) atoms. The predicted octanol–water partition coefficient (Wildman–Crippen LogP) is 5.75. The van der Waals surface area contributed by atoms with Crippen LogP contribution in [0.1, 0.15) is 44.1 Å². The first-order valence-corrected chi connectivity index (χ1v) is 13.8. The third-order valence-electron chi connectivity index (χ3n) is 7.12. The number of aliphatic carboxylic acids is 1. The number of carboxylic acid groups (broad SMARTS) is 1. The van der Waals surface area contributed by atoms with E-state index in [4.69, 9.17) is 16.3 Å². The molecule has 0 saturated carbocycles. The Labute approximate surface area is 221 Å². The van der Waals surface area contributed by atoms with E-state index in [1.54, 1.807) is 43.7 Å². The van der Waals surface area contributed by atoms with Crippen LogP contribution < -0.4 is 4.74 Å². The van der Waals surface area contributed by atoms with Gasteiger partial charge in [0.1, 0.15) is 10.8 Å². The number of thioether (sulfide) groups is 1. The van der Waals surface area contributed by atoms with Crippen molar-refractivity contribution < 1.29 is 14.6 Å². The van der Waals surface area contributed by atoms with Crippen molar-refractivity contribution in [1.82, 2.24) is 19.9 Å². The standard InChI is InChI=1S/C27H33ClN4O3S/c1-35-20-5-6-24-22(16-20)21(23(28)18-31-24)4-2-7-27(17-26(33)34)8-13-32(14-9-27)12-3-15-36-25-19-29-10-11-30-25/h5-6,10-11,16,18-19H,2-4,7-9,12-15,17H2,1H3,(H,33,34). The van der Waals surface area contributed by atoms with Gasteiger partial charge in [0.2, 0.25) is 0 Å². The number of methoxy groups -OCH3 is 1. The van der Waals surface area contributed by atoms with Gasteiger partial charge in [-0.3, -0.25) is 14.8 Å². The minimum atomic E-state index is -0.707. The molecule has 1 saturated heterocycles. The van der Waals surface area contributed by atoms with Crippen LogP contribution in [0.5, 0.6) is 5.75 Å². The fourth-order valence-corrected chi connectivity index (χ4v) is 6.13. The number of benzene rings is 1. The summed E-state index contributed by atoms with van der Waals surface area (Å²) in [5.41, 5.74) is 1.79. The molecule has 0 amide bonds. The van der Waals surface area contributed by atoms with Crippen molar-refractivity contribution in [3.8, 4) is 5.75 Å². The first-order valence-electron chi connectivity index (χ1n) is 12.4. The van der Waals surface area contributed by atoms with E-state index in [0.29, 0.717) is 5.02 Å². The minimum Gasteiger partial charge on any atom is -0.497 e. The van der Waals surface area contributed by atoms with Crippen LogP contribution in [-0.4, -0.2) is 63.4 Å². The Kier molecular flexibility index (Phi) is 9.40. The van der Waals surface area contributed by atoms with Gasteiger partial charge < -0.3 is 14.7 Å². The lowest BCUT2D eigenvalue weighted by atomic mass is 9.72. The van der Waals surface area contributed by atoms with Crippen molar-refractivity contribution in [3.05, 3.63) is 53.6 Å². The van der Waals surface area contributed by atoms with Gasteiger partial charge in [-0.15, -0.1) is 11.8 Å². The van der Waals surface area contributed by atoms with Gasteiger partial charge in [0.25, 0.3) is 0 Å². The monoisotopic (exact) mass is 528 g/mol. The molecule has 0 atom stereocenters. The quantitative estimate of drug-likeness (QED) is 0.235. The molecule has 1 aliphatic heterocycles. The molecule has 1 N–H and O–H groups in total. The van der Waals surface area contributed by atoms with Crippen molar-refractivity contribution in [2.45, 2.75) is 50.0 Å². The number of piperidine rings is 1. The fourth-order valence-electron chi connectivity index (χ4n) is 5.14. The maximum atomic E-state index is 11.8. The highest BCUT2D eigenvalue weighted by Crippen LogP contribution is 2.40. The SMILES string of the molecule is COc1ccc2ncc(Cl)c(CCCC3(CC(=O)O)CCN(CCCSc4cnccn4)CC3)c2c1. The summed E-state index contributed by atoms with van der Waals surface area (Å²) < 4.78 is 5.40. The summed E-state index contributed by atoms with van der Waals surface area (Å²) in [7, 11) is 1.65. The van der Waals surface area contributed by atoms with Gasteiger partial charge in [0.15, 0.2) is 0 Å². The molecule has 7 nitrogen and oxygen atoms in total. The first-order chi connectivity index (χ1) is 17.5. The molecule has 0 bridgehead atoms. The van der Waals surface area contributed by atoms with Gasteiger partial charge in [-0.2, -0.15) is 0 Å². The normalized spacial score (nSPS) is 15.7. The number of halogens is 1. The Morgan fingerprint density at radius 1 is 1.19 bits per heavy atom. The predicted molar refractivity (Wildman–Crippen MR) is 144 cm³/mol. The minimum absolute atomic E-state index is 0.163. The van der Waals surface area contributed by atoms with Gasteiger partial charge in [0.05, 0.1) is 30.3 Å². The summed E-state index contributed by atoms with van der Waals surface area (Å²) in [5, 5.41) is 12.3. The number of carbonyl (C=O) groups is 1. The molecule has 0 radical (unpaired) electrons. The number of likely N-dealkylation sites (tertiary alicyclic amines) is 1. The lowest BCUT2D eigenvalue weighted by molar-refractivity contribution is -0.140. The van der Waals surface area contributed by atoms with Crippen LogP contribution in [0.25, 0.3) is 10.9 Å². The maximum absolute atomic E-state index is 11.8. The number of aryl methyl sites for hydroxylation is 1. The largest absolute Gasteiger partial charge is 0.497 e. The lowest BCUT2D eigenvalue weighted by Crippen LogP contribution is -2.41. The molecule has 1 aliphatic rings. The number of ether oxygens (including phenoxy) is 1. The summed E-state index contributed by atoms with van der Waals surface area (Å²) in [6, 6.07) is 5.83. The van der Waals surface area contributed by atoms with Crippen molar-refractivity contribution in [2.24, 2.45) is 5.41 Å². The molecular formula is C27H33ClN4O3S. The van der Waals surface area contributed by atoms with Crippen molar-refractivity contribution >= 4 is 40.2 Å². The zero-order valence-electron chi connectivity index (χ0n) is 20.7. The second-order valence-electron chi connectivity index (χ2n) is 9.48. The summed E-state index contributed by atoms with van der Waals surface area (Å²) in [4.78, 5) is 27.1. The molecule has 0 aliphatic carbocycles. The number of carboxylic acids is 1. The Hall–Kier alpha value is -2.42. The third kappa shape index (κ3) is 7.08. The maximum Gasteiger partial charge on any atom is 0.303 e. The van der Waals surface area contributed by atoms with Crippen LogP contribution in [0, 0.1) is 5.41 Å². The number of hydrogen-bond donors (Lipinski definition) is 1. The lowest BCUT2D eigenvalue weighted by Gasteiger charge is -2.41. The van der Waals surface area contributed by atoms with E-state index < -0.39 is 5.97 Å². The topological polar surface area (TPSA) is 88.4 Å². The third-order valence-corrected chi connectivity index (χ3v) is 8.44. The number of rotatable bonds is 12. The van der Waals surface area contributed by atoms with E-state index in [-0.39, 0.29) is 11.8 Å². The number of nitrogens with zero attached hydrogens (tertiary/aromatic N) is 4. The van der Waals surface area contributed by atoms with Gasteiger partial charge in [-0.05, 0) is 87.3 Å². The number of aromatic nitrogens is 3. The Bertz CT molecular complexity index is 1160. The second-order valence-corrected chi connectivity index (χ2v) is 11.0. The molecule has 3 heterocycles. The first kappa shape index (κ1) is 26.6. The van der Waals surface area contributed by atoms with E-state index in [9.17, 15) is 9.90 Å². The molecule has 0 unspecified atom stereocenters. The molecule has 192 valence electrons. The number of fused-ring (bicyclic) bond motifs is 1. The van der Waals surface area contributed by atoms with Crippen LogP contribution in [0.3, 0.4) is 0 Å². The van der Waals surface area contributed by atoms with E-state index >= 15 is 0 Å². The molecule has 4 rings (SSSR count). The number of hydrogen-bond acceptors (Lipinski definition) is 7. The molecule has 9 heteroatoms. The van der Waals surface area contributed by atoms with Crippen molar-refractivity contribution in [3.63, 3.8) is 0 Å². The highest BCUT2D eigenvalue weighted by molar-refractivity contribution is 7.99. The van der Waals surface area contributed by atoms with Crippen LogP contribution in [0.15, 0.2) is 48.0 Å². The number of pyridine rings is 1. The van der Waals surface area contributed by atoms with Crippen LogP contribution in [0.2, 0.25) is 5.02 Å². The zero-order chi connectivity index (χ0) is 25.4. The zero-order valence-corrected chi connectivity index (χ0v) is 22.2. The fraction of sp³-hybridized carbons (Fsp3) is 0.481. The summed E-state index contributed by atoms with van der Waals surface area (Å²) >= 11 is 8.27. The Morgan fingerprint density at radius 2 is 2.03 bits per heavy atom. The summed E-state index contributed by atoms with van der Waals surface area (Å²) in [5.74, 6) is 1.07. The summed E-state index contributed by atoms with van der Waals surface area (Å²) in [6.07, 6.45) is 12.6. The Balaban J connectivity index is 1.31. The van der Waals surface area contributed by atoms with Crippen molar-refractivity contribution in [1.29, 1.82) is 0 Å². The van der Waals surface area contributed by atoms with E-state index in [2.05, 4.69) is 19.9 Å². The van der Waals surface area contributed by atoms with E-state index in [0.717, 1.165) is 91.2 Å². The molecular weight excluding hydrogens is 496 g/mol. The molecule has 0 spiro atoms. The van der Waals surface area contributed by atoms with Gasteiger partial charge in [-0.25, -0.2) is 4.98 Å². The van der Waals surface area contributed by atoms with Gasteiger partial charge in [0, 0.05) is 29.7 Å². The highest BCUT2D eigenvalue weighted by Gasteiger charge is 2.36. The van der Waals surface area contributed by atoms with E-state index in [1.807, 2.05) is 18.2 Å². The van der Waals surface area contributed by atoms with Gasteiger partial charge >= 0.3 is 5.97 Å². The van der Waals surface area contributed by atoms with E-state index in [1.165, 1.54) is 0 Å². The van der Waals surface area contributed by atoms with Gasteiger partial charge in [-0.1, -0.05) is 11.6 Å². The Morgan fingerprint density at radius 3 is 2.75 bits per heavy atom. The molecule has 2 aromatic heterocycles.